The Kier molecular flexibility index (Phi) is 10.0. The van der Waals surface area contributed by atoms with E-state index in [0.717, 1.165) is 51.2 Å². The molecule has 2 fully saturated rings. The first kappa shape index (κ1) is 24.7. The summed E-state index contributed by atoms with van der Waals surface area (Å²) in [7, 11) is 1.81. The van der Waals surface area contributed by atoms with Crippen LogP contribution in [-0.2, 0) is 24.4 Å². The summed E-state index contributed by atoms with van der Waals surface area (Å²) in [4.78, 5) is 13.8. The summed E-state index contributed by atoms with van der Waals surface area (Å²) in [5.41, 5.74) is 3.81. The molecule has 2 N–H and O–H groups in total. The molecule has 0 aliphatic carbocycles. The molecule has 0 radical (unpaired) electrons. The number of guanidine groups is 1. The third kappa shape index (κ3) is 7.05. The molecule has 8 heteroatoms. The molecule has 0 unspecified atom stereocenters. The maximum absolute atomic E-state index is 5.47. The third-order valence-corrected chi connectivity index (χ3v) is 5.94. The largest absolute Gasteiger partial charge is 0.378 e. The fourth-order valence-corrected chi connectivity index (χ4v) is 4.17. The van der Waals surface area contributed by atoms with Crippen LogP contribution in [0, 0.1) is 0 Å². The topological polar surface area (TPSA) is 65.0 Å². The number of anilines is 1. The second-order valence-electron chi connectivity index (χ2n) is 8.16. The molecule has 2 aliphatic heterocycles. The second-order valence-corrected chi connectivity index (χ2v) is 8.16. The van der Waals surface area contributed by atoms with Gasteiger partial charge in [0.1, 0.15) is 5.82 Å². The van der Waals surface area contributed by atoms with Crippen molar-refractivity contribution in [1.29, 1.82) is 0 Å². The van der Waals surface area contributed by atoms with Gasteiger partial charge < -0.3 is 20.3 Å². The Hall–Kier alpha value is -1.91. The molecule has 1 aromatic heterocycles. The normalized spacial score (nSPS) is 17.2. The molecule has 1 aromatic carbocycles. The van der Waals surface area contributed by atoms with Gasteiger partial charge >= 0.3 is 0 Å². The van der Waals surface area contributed by atoms with Gasteiger partial charge in [-0.3, -0.25) is 9.89 Å². The zero-order chi connectivity index (χ0) is 21.3. The first-order valence-electron chi connectivity index (χ1n) is 11.3. The quantitative estimate of drug-likeness (QED) is 0.314. The molecule has 0 atom stereocenters. The summed E-state index contributed by atoms with van der Waals surface area (Å²) >= 11 is 0. The number of ether oxygens (including phenoxy) is 1. The van der Waals surface area contributed by atoms with E-state index in [1.807, 2.05) is 12.3 Å². The van der Waals surface area contributed by atoms with E-state index < -0.39 is 0 Å². The van der Waals surface area contributed by atoms with Gasteiger partial charge in [-0.1, -0.05) is 30.3 Å². The summed E-state index contributed by atoms with van der Waals surface area (Å²) in [5, 5.41) is 6.85. The number of morpholine rings is 1. The molecule has 0 saturated carbocycles. The third-order valence-electron chi connectivity index (χ3n) is 5.94. The van der Waals surface area contributed by atoms with Crippen LogP contribution in [0.4, 0.5) is 5.82 Å². The van der Waals surface area contributed by atoms with Crippen LogP contribution in [0.1, 0.15) is 29.5 Å². The van der Waals surface area contributed by atoms with Gasteiger partial charge in [0.05, 0.1) is 13.2 Å². The fraction of sp³-hybridized carbons (Fsp3) is 0.500. The van der Waals surface area contributed by atoms with Crippen molar-refractivity contribution in [1.82, 2.24) is 20.5 Å². The van der Waals surface area contributed by atoms with Crippen LogP contribution in [0.15, 0.2) is 47.6 Å². The van der Waals surface area contributed by atoms with E-state index in [-0.39, 0.29) is 24.0 Å². The van der Waals surface area contributed by atoms with Gasteiger partial charge in [-0.05, 0) is 43.1 Å². The predicted molar refractivity (Wildman–Crippen MR) is 141 cm³/mol. The number of aliphatic imine (C=N–C) groups is 1. The Morgan fingerprint density at radius 2 is 1.66 bits per heavy atom. The molecule has 174 valence electrons. The first-order chi connectivity index (χ1) is 15.3. The smallest absolute Gasteiger partial charge is 0.191 e. The highest BCUT2D eigenvalue weighted by molar-refractivity contribution is 14.0. The Labute approximate surface area is 208 Å². The monoisotopic (exact) mass is 550 g/mol. The van der Waals surface area contributed by atoms with Gasteiger partial charge in [0.25, 0.3) is 0 Å². The van der Waals surface area contributed by atoms with Gasteiger partial charge in [-0.25, -0.2) is 4.98 Å². The lowest BCUT2D eigenvalue weighted by Crippen LogP contribution is -2.39. The molecule has 4 rings (SSSR count). The Balaban J connectivity index is 0.00000289. The van der Waals surface area contributed by atoms with Gasteiger partial charge in [0.15, 0.2) is 5.96 Å². The number of halogens is 1. The number of likely N-dealkylation sites (tertiary alicyclic amines) is 1. The van der Waals surface area contributed by atoms with E-state index in [4.69, 9.17) is 4.74 Å². The highest BCUT2D eigenvalue weighted by Gasteiger charge is 2.16. The number of aromatic nitrogens is 1. The molecular formula is C24H35IN6O. The Morgan fingerprint density at radius 1 is 0.969 bits per heavy atom. The predicted octanol–water partition coefficient (Wildman–Crippen LogP) is 3.00. The number of nitrogens with zero attached hydrogens (tertiary/aromatic N) is 4. The highest BCUT2D eigenvalue weighted by Crippen LogP contribution is 2.18. The van der Waals surface area contributed by atoms with Crippen molar-refractivity contribution < 1.29 is 4.74 Å². The molecule has 0 amide bonds. The van der Waals surface area contributed by atoms with Crippen LogP contribution in [0.25, 0.3) is 0 Å². The van der Waals surface area contributed by atoms with Crippen LogP contribution in [-0.4, -0.2) is 62.3 Å². The molecule has 0 spiro atoms. The van der Waals surface area contributed by atoms with Crippen molar-refractivity contribution in [3.05, 3.63) is 59.3 Å². The Bertz CT molecular complexity index is 848. The summed E-state index contributed by atoms with van der Waals surface area (Å²) in [6.45, 7) is 8.21. The fourth-order valence-electron chi connectivity index (χ4n) is 4.17. The minimum atomic E-state index is 0. The van der Waals surface area contributed by atoms with E-state index in [1.165, 1.54) is 42.6 Å². The van der Waals surface area contributed by atoms with Crippen LogP contribution < -0.4 is 15.5 Å². The molecule has 2 aliphatic rings. The lowest BCUT2D eigenvalue weighted by molar-refractivity contribution is 0.122. The Morgan fingerprint density at radius 3 is 2.38 bits per heavy atom. The lowest BCUT2D eigenvalue weighted by atomic mass is 10.1. The number of rotatable bonds is 7. The van der Waals surface area contributed by atoms with Gasteiger partial charge in [-0.15, -0.1) is 24.0 Å². The van der Waals surface area contributed by atoms with E-state index in [2.05, 4.69) is 60.7 Å². The summed E-state index contributed by atoms with van der Waals surface area (Å²) in [6.07, 6.45) is 4.52. The van der Waals surface area contributed by atoms with E-state index in [0.29, 0.717) is 6.54 Å². The van der Waals surface area contributed by atoms with Crippen molar-refractivity contribution >= 4 is 35.8 Å². The van der Waals surface area contributed by atoms with Crippen molar-refractivity contribution in [2.45, 2.75) is 32.5 Å². The number of hydrogen-bond acceptors (Lipinski definition) is 5. The van der Waals surface area contributed by atoms with Crippen molar-refractivity contribution in [2.24, 2.45) is 4.99 Å². The number of benzene rings is 1. The molecule has 2 saturated heterocycles. The van der Waals surface area contributed by atoms with Gasteiger partial charge in [0, 0.05) is 51.5 Å². The molecule has 0 bridgehead atoms. The SMILES string of the molecule is CN=C(NCc1ccc(CN2CCCC2)cc1)NCc1cccnc1N1CCOCC1.I. The molecule has 32 heavy (non-hydrogen) atoms. The maximum Gasteiger partial charge on any atom is 0.191 e. The van der Waals surface area contributed by atoms with Gasteiger partial charge in [-0.2, -0.15) is 0 Å². The second kappa shape index (κ2) is 13.0. The average Bonchev–Trinajstić information content (AvgIpc) is 3.34. The summed E-state index contributed by atoms with van der Waals surface area (Å²) < 4.78 is 5.47. The molecular weight excluding hydrogens is 515 g/mol. The number of nitrogens with one attached hydrogen (secondary N) is 2. The van der Waals surface area contributed by atoms with Crippen LogP contribution in [0.3, 0.4) is 0 Å². The van der Waals surface area contributed by atoms with Crippen LogP contribution in [0.5, 0.6) is 0 Å². The zero-order valence-electron chi connectivity index (χ0n) is 18.9. The van der Waals surface area contributed by atoms with E-state index >= 15 is 0 Å². The minimum Gasteiger partial charge on any atom is -0.378 e. The molecule has 2 aromatic rings. The lowest BCUT2D eigenvalue weighted by Gasteiger charge is -2.29. The zero-order valence-corrected chi connectivity index (χ0v) is 21.3. The van der Waals surface area contributed by atoms with Gasteiger partial charge in [0.2, 0.25) is 0 Å². The molecule has 3 heterocycles. The highest BCUT2D eigenvalue weighted by atomic mass is 127. The van der Waals surface area contributed by atoms with E-state index in [1.54, 1.807) is 7.05 Å². The van der Waals surface area contributed by atoms with Crippen molar-refractivity contribution in [3.63, 3.8) is 0 Å². The van der Waals surface area contributed by atoms with Crippen LogP contribution in [0.2, 0.25) is 0 Å². The summed E-state index contributed by atoms with van der Waals surface area (Å²) in [5.74, 6) is 1.82. The average molecular weight is 550 g/mol. The van der Waals surface area contributed by atoms with E-state index in [9.17, 15) is 0 Å². The van der Waals surface area contributed by atoms with Crippen LogP contribution >= 0.6 is 24.0 Å². The number of hydrogen-bond donors (Lipinski definition) is 2. The van der Waals surface area contributed by atoms with Crippen molar-refractivity contribution in [3.8, 4) is 0 Å². The minimum absolute atomic E-state index is 0. The molecule has 7 nitrogen and oxygen atoms in total. The number of pyridine rings is 1. The standard InChI is InChI=1S/C24H34N6O.HI/c1-25-24(27-17-20-6-8-21(9-7-20)19-29-11-2-3-12-29)28-18-22-5-4-10-26-23(22)30-13-15-31-16-14-30;/h4-10H,2-3,11-19H2,1H3,(H2,25,27,28);1H. The van der Waals surface area contributed by atoms with Crippen molar-refractivity contribution in [2.75, 3.05) is 51.3 Å². The maximum atomic E-state index is 5.47. The summed E-state index contributed by atoms with van der Waals surface area (Å²) in [6, 6.07) is 13.0. The first-order valence-corrected chi connectivity index (χ1v) is 11.3.